The highest BCUT2D eigenvalue weighted by molar-refractivity contribution is 6.22. The van der Waals surface area contributed by atoms with Crippen molar-refractivity contribution >= 4 is 17.5 Å². The number of esters is 2. The topological polar surface area (TPSA) is 72.8 Å². The molecule has 2 rings (SSSR count). The van der Waals surface area contributed by atoms with E-state index in [0.29, 0.717) is 17.5 Å². The van der Waals surface area contributed by atoms with Gasteiger partial charge in [0.2, 0.25) is 0 Å². The van der Waals surface area contributed by atoms with E-state index in [9.17, 15) is 14.7 Å². The van der Waals surface area contributed by atoms with Crippen LogP contribution in [0.4, 0.5) is 0 Å². The molecule has 0 bridgehead atoms. The maximum Gasteiger partial charge on any atom is 0.346 e. The van der Waals surface area contributed by atoms with Gasteiger partial charge in [-0.15, -0.1) is 0 Å². The normalized spacial score (nSPS) is 11.5. The molecule has 0 unspecified atom stereocenters. The van der Waals surface area contributed by atoms with Crippen LogP contribution < -0.4 is 0 Å². The lowest BCUT2D eigenvalue weighted by atomic mass is 9.92. The molecule has 0 saturated heterocycles. The van der Waals surface area contributed by atoms with Crippen LogP contribution in [0.15, 0.2) is 60.2 Å². The summed E-state index contributed by atoms with van der Waals surface area (Å²) < 4.78 is 10.3. The first-order chi connectivity index (χ1) is 12.6. The number of hydrogen-bond donors (Lipinski definition) is 1. The molecule has 136 valence electrons. The summed E-state index contributed by atoms with van der Waals surface area (Å²) in [5.41, 5.74) is 1.01. The van der Waals surface area contributed by atoms with Crippen LogP contribution in [0.1, 0.15) is 31.4 Å². The minimum atomic E-state index is -0.782. The van der Waals surface area contributed by atoms with Crippen molar-refractivity contribution < 1.29 is 24.2 Å². The van der Waals surface area contributed by atoms with Crippen LogP contribution in [0, 0.1) is 0 Å². The number of phenols is 1. The van der Waals surface area contributed by atoms with Gasteiger partial charge >= 0.3 is 11.9 Å². The molecule has 2 aromatic rings. The van der Waals surface area contributed by atoms with E-state index >= 15 is 0 Å². The van der Waals surface area contributed by atoms with Gasteiger partial charge in [-0.05, 0) is 25.0 Å². The minimum Gasteiger partial charge on any atom is -0.507 e. The zero-order chi connectivity index (χ0) is 18.9. The highest BCUT2D eigenvalue weighted by Crippen LogP contribution is 2.33. The summed E-state index contributed by atoms with van der Waals surface area (Å²) in [5.74, 6) is -1.60. The van der Waals surface area contributed by atoms with E-state index < -0.39 is 11.9 Å². The zero-order valence-corrected chi connectivity index (χ0v) is 14.9. The monoisotopic (exact) mass is 354 g/mol. The quantitative estimate of drug-likeness (QED) is 0.355. The van der Waals surface area contributed by atoms with E-state index in [1.807, 2.05) is 13.0 Å². The molecule has 26 heavy (non-hydrogen) atoms. The summed E-state index contributed by atoms with van der Waals surface area (Å²) >= 11 is 0. The van der Waals surface area contributed by atoms with Gasteiger partial charge in [-0.3, -0.25) is 0 Å². The van der Waals surface area contributed by atoms with Crippen molar-refractivity contribution in [2.75, 3.05) is 13.2 Å². The van der Waals surface area contributed by atoms with E-state index in [-0.39, 0.29) is 30.1 Å². The molecule has 1 N–H and O–H groups in total. The van der Waals surface area contributed by atoms with Crippen molar-refractivity contribution in [3.8, 4) is 5.75 Å². The van der Waals surface area contributed by atoms with Gasteiger partial charge in [0.05, 0.1) is 13.2 Å². The van der Waals surface area contributed by atoms with E-state index in [4.69, 9.17) is 9.47 Å². The molecule has 0 spiro atoms. The van der Waals surface area contributed by atoms with Crippen molar-refractivity contribution in [1.29, 1.82) is 0 Å². The summed E-state index contributed by atoms with van der Waals surface area (Å²) in [6, 6.07) is 15.4. The van der Waals surface area contributed by atoms with Gasteiger partial charge in [0, 0.05) is 11.1 Å². The predicted molar refractivity (Wildman–Crippen MR) is 98.5 cm³/mol. The van der Waals surface area contributed by atoms with Gasteiger partial charge in [-0.25, -0.2) is 9.59 Å². The summed E-state index contributed by atoms with van der Waals surface area (Å²) in [7, 11) is 0. The number of carbonyl (C=O) groups excluding carboxylic acids is 2. The number of hydrogen-bond acceptors (Lipinski definition) is 5. The van der Waals surface area contributed by atoms with E-state index in [0.717, 1.165) is 0 Å². The van der Waals surface area contributed by atoms with Gasteiger partial charge < -0.3 is 14.6 Å². The molecule has 0 heterocycles. The maximum atomic E-state index is 12.7. The van der Waals surface area contributed by atoms with Crippen molar-refractivity contribution in [1.82, 2.24) is 0 Å². The molecule has 2 aromatic carbocycles. The second kappa shape index (κ2) is 9.42. The molecule has 0 aliphatic rings. The Kier molecular flexibility index (Phi) is 6.97. The lowest BCUT2D eigenvalue weighted by Crippen LogP contribution is -2.21. The minimum absolute atomic E-state index is 0.0450. The second-order valence-corrected chi connectivity index (χ2v) is 5.49. The Labute approximate surface area is 152 Å². The first-order valence-corrected chi connectivity index (χ1v) is 8.52. The predicted octanol–water partition coefficient (Wildman–Crippen LogP) is 3.71. The molecule has 0 aliphatic carbocycles. The molecule has 0 amide bonds. The number of carbonyl (C=O) groups is 2. The Bertz CT molecular complexity index is 793. The van der Waals surface area contributed by atoms with Crippen LogP contribution in [-0.4, -0.2) is 30.3 Å². The number of para-hydroxylation sites is 1. The molecule has 0 aromatic heterocycles. The first-order valence-electron chi connectivity index (χ1n) is 8.52. The van der Waals surface area contributed by atoms with E-state index in [2.05, 4.69) is 0 Å². The Hall–Kier alpha value is -3.08. The molecule has 0 aliphatic heterocycles. The average Bonchev–Trinajstić information content (AvgIpc) is 2.65. The fourth-order valence-corrected chi connectivity index (χ4v) is 2.48. The fraction of sp³-hybridized carbons (Fsp3) is 0.238. The van der Waals surface area contributed by atoms with Gasteiger partial charge in [-0.2, -0.15) is 0 Å². The van der Waals surface area contributed by atoms with Gasteiger partial charge in [-0.1, -0.05) is 55.5 Å². The average molecular weight is 354 g/mol. The van der Waals surface area contributed by atoms with E-state index in [1.54, 1.807) is 49.4 Å². The summed E-state index contributed by atoms with van der Waals surface area (Å²) in [6.07, 6.45) is 0.624. The molecule has 0 fully saturated rings. The Morgan fingerprint density at radius 2 is 1.50 bits per heavy atom. The Morgan fingerprint density at radius 1 is 0.885 bits per heavy atom. The lowest BCUT2D eigenvalue weighted by molar-refractivity contribution is -0.146. The van der Waals surface area contributed by atoms with E-state index in [1.165, 1.54) is 6.07 Å². The largest absolute Gasteiger partial charge is 0.507 e. The van der Waals surface area contributed by atoms with Gasteiger partial charge in [0.1, 0.15) is 5.75 Å². The molecular formula is C21H22O5. The summed E-state index contributed by atoms with van der Waals surface area (Å²) in [5, 5.41) is 10.3. The van der Waals surface area contributed by atoms with Crippen LogP contribution in [0.3, 0.4) is 0 Å². The molecular weight excluding hydrogens is 332 g/mol. The van der Waals surface area contributed by atoms with Crippen LogP contribution in [0.5, 0.6) is 5.75 Å². The number of aromatic hydroxyl groups is 1. The standard InChI is InChI=1S/C21H22O5/c1-3-14-26-21(24)19(20(23)25-4-2)18(15-10-6-5-7-11-15)16-12-8-9-13-17(16)22/h5-13,22H,3-4,14H2,1-2H3. The third-order valence-electron chi connectivity index (χ3n) is 3.61. The highest BCUT2D eigenvalue weighted by atomic mass is 16.6. The third kappa shape index (κ3) is 4.51. The fourth-order valence-electron chi connectivity index (χ4n) is 2.48. The van der Waals surface area contributed by atoms with Crippen LogP contribution in [0.2, 0.25) is 0 Å². The number of benzene rings is 2. The summed E-state index contributed by atoms with van der Waals surface area (Å²) in [4.78, 5) is 25.2. The Morgan fingerprint density at radius 3 is 2.12 bits per heavy atom. The molecule has 5 nitrogen and oxygen atoms in total. The maximum absolute atomic E-state index is 12.7. The number of rotatable bonds is 7. The third-order valence-corrected chi connectivity index (χ3v) is 3.61. The van der Waals surface area contributed by atoms with Crippen molar-refractivity contribution in [3.63, 3.8) is 0 Å². The lowest BCUT2D eigenvalue weighted by Gasteiger charge is -2.16. The van der Waals surface area contributed by atoms with Crippen molar-refractivity contribution in [2.24, 2.45) is 0 Å². The smallest absolute Gasteiger partial charge is 0.346 e. The number of ether oxygens (including phenoxy) is 2. The van der Waals surface area contributed by atoms with Crippen molar-refractivity contribution in [2.45, 2.75) is 20.3 Å². The Balaban J connectivity index is 2.75. The molecule has 0 radical (unpaired) electrons. The first kappa shape index (κ1) is 19.2. The molecule has 0 saturated carbocycles. The zero-order valence-electron chi connectivity index (χ0n) is 14.9. The van der Waals surface area contributed by atoms with Gasteiger partial charge in [0.15, 0.2) is 5.57 Å². The van der Waals surface area contributed by atoms with Crippen LogP contribution in [-0.2, 0) is 19.1 Å². The van der Waals surface area contributed by atoms with Crippen molar-refractivity contribution in [3.05, 3.63) is 71.3 Å². The van der Waals surface area contributed by atoms with Gasteiger partial charge in [0.25, 0.3) is 0 Å². The molecule has 0 atom stereocenters. The molecule has 5 heteroatoms. The second-order valence-electron chi connectivity index (χ2n) is 5.49. The number of phenolic OH excluding ortho intramolecular Hbond substituents is 1. The highest BCUT2D eigenvalue weighted by Gasteiger charge is 2.28. The van der Waals surface area contributed by atoms with Crippen LogP contribution >= 0.6 is 0 Å². The SMILES string of the molecule is CCCOC(=O)C(C(=O)OCC)=C(c1ccccc1)c1ccccc1O. The van der Waals surface area contributed by atoms with Crippen LogP contribution in [0.25, 0.3) is 5.57 Å². The summed E-state index contributed by atoms with van der Waals surface area (Å²) in [6.45, 7) is 3.83.